The Labute approximate surface area is 161 Å². The van der Waals surface area contributed by atoms with Gasteiger partial charge in [-0.15, -0.1) is 0 Å². The lowest BCUT2D eigenvalue weighted by atomic mass is 10.1. The number of rotatable bonds is 6. The van der Waals surface area contributed by atoms with Gasteiger partial charge in [-0.2, -0.15) is 0 Å². The van der Waals surface area contributed by atoms with Gasteiger partial charge in [0, 0.05) is 30.7 Å². The van der Waals surface area contributed by atoms with E-state index in [4.69, 9.17) is 9.84 Å². The highest BCUT2D eigenvalue weighted by Crippen LogP contribution is 2.21. The quantitative estimate of drug-likeness (QED) is 0.363. The second-order valence-electron chi connectivity index (χ2n) is 6.02. The number of aromatic nitrogens is 2. The van der Waals surface area contributed by atoms with Gasteiger partial charge in [-0.25, -0.2) is 0 Å². The van der Waals surface area contributed by atoms with E-state index in [9.17, 15) is 0 Å². The summed E-state index contributed by atoms with van der Waals surface area (Å²) in [6, 6.07) is 12.8. The minimum atomic E-state index is 0. The molecule has 5 heteroatoms. The van der Waals surface area contributed by atoms with Crippen LogP contribution in [0, 0.1) is 0 Å². The number of unbranched alkanes of at least 4 members (excludes halogenated alkanes) is 2. The molecule has 0 atom stereocenters. The molecule has 0 amide bonds. The van der Waals surface area contributed by atoms with E-state index >= 15 is 0 Å². The molecule has 1 fully saturated rings. The first-order valence-corrected chi connectivity index (χ1v) is 8.67. The number of anilines is 1. The van der Waals surface area contributed by atoms with Crippen molar-refractivity contribution in [1.82, 2.24) is 5.10 Å². The van der Waals surface area contributed by atoms with Crippen LogP contribution in [0.15, 0.2) is 42.6 Å². The number of nitrogens with zero attached hydrogens (tertiary/aromatic N) is 3. The maximum atomic E-state index is 5.47. The first-order chi connectivity index (χ1) is 11.4. The van der Waals surface area contributed by atoms with E-state index in [0.29, 0.717) is 0 Å². The average molecular weight is 439 g/mol. The number of halogens is 1. The Morgan fingerprint density at radius 1 is 1.08 bits per heavy atom. The molecule has 0 bridgehead atoms. The fraction of sp³-hybridized carbons (Fsp3) is 0.474. The van der Waals surface area contributed by atoms with Gasteiger partial charge >= 0.3 is 0 Å². The zero-order chi connectivity index (χ0) is 15.9. The topological polar surface area (TPSA) is 29.2 Å². The Kier molecular flexibility index (Phi) is 7.91. The maximum Gasteiger partial charge on any atom is 0.204 e. The second kappa shape index (κ2) is 9.93. The molecule has 4 nitrogen and oxygen atoms in total. The molecule has 0 N–H and O–H groups in total. The lowest BCUT2D eigenvalue weighted by Gasteiger charge is -2.26. The summed E-state index contributed by atoms with van der Waals surface area (Å²) < 4.78 is 7.58. The molecule has 0 aliphatic carbocycles. The summed E-state index contributed by atoms with van der Waals surface area (Å²) in [4.78, 5) is 2.33. The van der Waals surface area contributed by atoms with Crippen LogP contribution >= 0.6 is 0 Å². The molecule has 2 aromatic rings. The highest BCUT2D eigenvalue weighted by Gasteiger charge is 2.18. The number of benzene rings is 1. The molecule has 0 radical (unpaired) electrons. The van der Waals surface area contributed by atoms with Crippen molar-refractivity contribution >= 4 is 5.82 Å². The molecule has 1 saturated heterocycles. The summed E-state index contributed by atoms with van der Waals surface area (Å²) in [7, 11) is 0. The molecular weight excluding hydrogens is 413 g/mol. The predicted octanol–water partition coefficient (Wildman–Crippen LogP) is 0.0669. The van der Waals surface area contributed by atoms with Crippen LogP contribution < -0.4 is 33.6 Å². The zero-order valence-corrected chi connectivity index (χ0v) is 16.5. The molecule has 1 aromatic heterocycles. The lowest BCUT2D eigenvalue weighted by Crippen LogP contribution is -3.00. The third-order valence-electron chi connectivity index (χ3n) is 4.24. The van der Waals surface area contributed by atoms with Gasteiger partial charge in [-0.05, 0) is 12.0 Å². The van der Waals surface area contributed by atoms with E-state index in [2.05, 4.69) is 59.1 Å². The van der Waals surface area contributed by atoms with Gasteiger partial charge in [0.25, 0.3) is 0 Å². The van der Waals surface area contributed by atoms with Crippen LogP contribution in [0.5, 0.6) is 0 Å². The number of hydrogen-bond donors (Lipinski definition) is 0. The van der Waals surface area contributed by atoms with Gasteiger partial charge in [0.15, 0.2) is 12.4 Å². The van der Waals surface area contributed by atoms with E-state index in [1.54, 1.807) is 0 Å². The van der Waals surface area contributed by atoms with E-state index in [0.717, 1.165) is 38.7 Å². The number of aryl methyl sites for hydroxylation is 1. The smallest absolute Gasteiger partial charge is 0.204 e. The molecular formula is C19H26IN3O. The van der Waals surface area contributed by atoms with Crippen molar-refractivity contribution in [2.24, 2.45) is 0 Å². The predicted molar refractivity (Wildman–Crippen MR) is 92.4 cm³/mol. The molecule has 1 aliphatic rings. The van der Waals surface area contributed by atoms with E-state index in [1.807, 2.05) is 0 Å². The largest absolute Gasteiger partial charge is 1.00 e. The maximum absolute atomic E-state index is 5.47. The summed E-state index contributed by atoms with van der Waals surface area (Å²) in [6.45, 7) is 6.62. The van der Waals surface area contributed by atoms with Crippen LogP contribution in [0.4, 0.5) is 5.82 Å². The van der Waals surface area contributed by atoms with Gasteiger partial charge in [0.05, 0.1) is 18.8 Å². The molecule has 2 heterocycles. The molecule has 24 heavy (non-hydrogen) atoms. The van der Waals surface area contributed by atoms with E-state index in [1.165, 1.54) is 30.4 Å². The van der Waals surface area contributed by atoms with E-state index in [-0.39, 0.29) is 24.0 Å². The van der Waals surface area contributed by atoms with Crippen molar-refractivity contribution in [1.29, 1.82) is 0 Å². The average Bonchev–Trinajstić information content (AvgIpc) is 2.63. The van der Waals surface area contributed by atoms with Crippen LogP contribution in [0.1, 0.15) is 26.2 Å². The van der Waals surface area contributed by atoms with E-state index < -0.39 is 0 Å². The number of ether oxygens (including phenoxy) is 1. The molecule has 1 aromatic carbocycles. The van der Waals surface area contributed by atoms with Crippen molar-refractivity contribution in [2.75, 3.05) is 31.2 Å². The fourth-order valence-corrected chi connectivity index (χ4v) is 2.90. The monoisotopic (exact) mass is 439 g/mol. The van der Waals surface area contributed by atoms with Crippen molar-refractivity contribution in [3.8, 4) is 11.1 Å². The molecule has 3 rings (SSSR count). The Morgan fingerprint density at radius 3 is 2.54 bits per heavy atom. The van der Waals surface area contributed by atoms with Crippen LogP contribution in [0.2, 0.25) is 0 Å². The lowest BCUT2D eigenvalue weighted by molar-refractivity contribution is -0.752. The highest BCUT2D eigenvalue weighted by molar-refractivity contribution is 5.64. The summed E-state index contributed by atoms with van der Waals surface area (Å²) in [5, 5.41) is 4.84. The van der Waals surface area contributed by atoms with Crippen LogP contribution in [-0.2, 0) is 11.3 Å². The SMILES string of the molecule is CCCCC[n+]1cc(-c2ccccc2)cc(N2CCOCC2)n1.[I-]. The van der Waals surface area contributed by atoms with Gasteiger partial charge in [-0.3, -0.25) is 0 Å². The summed E-state index contributed by atoms with van der Waals surface area (Å²) in [6.07, 6.45) is 5.83. The van der Waals surface area contributed by atoms with Crippen LogP contribution in [0.25, 0.3) is 11.1 Å². The summed E-state index contributed by atoms with van der Waals surface area (Å²) in [5.74, 6) is 1.06. The van der Waals surface area contributed by atoms with Crippen LogP contribution in [-0.4, -0.2) is 31.4 Å². The number of hydrogen-bond acceptors (Lipinski definition) is 3. The minimum Gasteiger partial charge on any atom is -1.00 e. The highest BCUT2D eigenvalue weighted by atomic mass is 127. The Bertz CT molecular complexity index is 615. The summed E-state index contributed by atoms with van der Waals surface area (Å²) in [5.41, 5.74) is 2.48. The molecule has 0 unspecified atom stereocenters. The number of morpholine rings is 1. The molecule has 0 spiro atoms. The van der Waals surface area contributed by atoms with Crippen molar-refractivity contribution in [3.05, 3.63) is 42.6 Å². The van der Waals surface area contributed by atoms with Gasteiger partial charge < -0.3 is 33.6 Å². The fourth-order valence-electron chi connectivity index (χ4n) is 2.90. The standard InChI is InChI=1S/C19H26N3O.HI/c1-2-3-7-10-22-16-18(17-8-5-4-6-9-17)15-19(20-22)21-11-13-23-14-12-21;/h4-6,8-9,15-16H,2-3,7,10-14H2,1H3;1H/q+1;/p-1. The normalized spacial score (nSPS) is 14.3. The molecule has 1 aliphatic heterocycles. The third kappa shape index (κ3) is 5.14. The molecule has 130 valence electrons. The Hall–Kier alpha value is -1.21. The Balaban J connectivity index is 0.00000208. The first-order valence-electron chi connectivity index (χ1n) is 8.67. The van der Waals surface area contributed by atoms with Gasteiger partial charge in [-0.1, -0.05) is 48.4 Å². The second-order valence-corrected chi connectivity index (χ2v) is 6.02. The first kappa shape index (κ1) is 19.1. The summed E-state index contributed by atoms with van der Waals surface area (Å²) >= 11 is 0. The molecule has 0 saturated carbocycles. The zero-order valence-electron chi connectivity index (χ0n) is 14.3. The minimum absolute atomic E-state index is 0. The van der Waals surface area contributed by atoms with Crippen molar-refractivity contribution in [3.63, 3.8) is 0 Å². The third-order valence-corrected chi connectivity index (χ3v) is 4.24. The van der Waals surface area contributed by atoms with Gasteiger partial charge in [0.1, 0.15) is 0 Å². The van der Waals surface area contributed by atoms with Gasteiger partial charge in [0.2, 0.25) is 6.20 Å². The van der Waals surface area contributed by atoms with Crippen molar-refractivity contribution < 1.29 is 33.4 Å². The van der Waals surface area contributed by atoms with Crippen molar-refractivity contribution in [2.45, 2.75) is 32.7 Å². The van der Waals surface area contributed by atoms with Crippen LogP contribution in [0.3, 0.4) is 0 Å². The Morgan fingerprint density at radius 2 is 1.83 bits per heavy atom.